The highest BCUT2D eigenvalue weighted by Gasteiger charge is 2.17. The molecule has 0 heterocycles. The van der Waals surface area contributed by atoms with Crippen molar-refractivity contribution in [3.8, 4) is 5.75 Å². The molecule has 2 aromatic rings. The molecule has 19 heavy (non-hydrogen) atoms. The van der Waals surface area contributed by atoms with E-state index in [0.717, 1.165) is 11.3 Å². The Bertz CT molecular complexity index is 554. The lowest BCUT2D eigenvalue weighted by molar-refractivity contribution is 0.414. The first-order chi connectivity index (χ1) is 9.11. The van der Waals surface area contributed by atoms with Crippen LogP contribution < -0.4 is 4.74 Å². The van der Waals surface area contributed by atoms with E-state index in [-0.39, 0.29) is 5.82 Å². The molecular weight excluding hydrogens is 331 g/mol. The molecule has 0 N–H and O–H groups in total. The molecule has 1 nitrogen and oxygen atoms in total. The zero-order valence-corrected chi connectivity index (χ0v) is 12.7. The Morgan fingerprint density at radius 1 is 1.26 bits per heavy atom. The fraction of sp³-hybridized carbons (Fsp3) is 0.200. The van der Waals surface area contributed by atoms with Crippen LogP contribution in [0.25, 0.3) is 0 Å². The highest BCUT2D eigenvalue weighted by Crippen LogP contribution is 2.33. The fourth-order valence-corrected chi connectivity index (χ4v) is 3.07. The normalized spacial score (nSPS) is 12.2. The van der Waals surface area contributed by atoms with Crippen molar-refractivity contribution in [2.45, 2.75) is 11.8 Å². The third-order valence-electron chi connectivity index (χ3n) is 2.86. The second-order valence-electron chi connectivity index (χ2n) is 4.16. The maximum absolute atomic E-state index is 13.8. The third kappa shape index (κ3) is 3.48. The van der Waals surface area contributed by atoms with Crippen LogP contribution in [0.5, 0.6) is 5.75 Å². The number of ether oxygens (including phenoxy) is 1. The molecule has 2 aromatic carbocycles. The van der Waals surface area contributed by atoms with E-state index >= 15 is 0 Å². The van der Waals surface area contributed by atoms with E-state index in [1.807, 2.05) is 24.3 Å². The van der Waals surface area contributed by atoms with Crippen LogP contribution in [-0.2, 0) is 6.42 Å². The van der Waals surface area contributed by atoms with Crippen LogP contribution in [0.2, 0.25) is 0 Å². The molecule has 1 unspecified atom stereocenters. The molecule has 1 atom stereocenters. The number of benzene rings is 2. The average molecular weight is 344 g/mol. The van der Waals surface area contributed by atoms with E-state index in [1.54, 1.807) is 19.2 Å². The van der Waals surface area contributed by atoms with Gasteiger partial charge in [-0.1, -0.05) is 34.1 Å². The van der Waals surface area contributed by atoms with Crippen molar-refractivity contribution in [2.75, 3.05) is 7.11 Å². The molecule has 0 aliphatic rings. The topological polar surface area (TPSA) is 9.23 Å². The number of halogens is 3. The summed E-state index contributed by atoms with van der Waals surface area (Å²) in [5.41, 5.74) is 1.50. The smallest absolute Gasteiger partial charge is 0.129 e. The largest absolute Gasteiger partial charge is 0.497 e. The highest BCUT2D eigenvalue weighted by molar-refractivity contribution is 9.10. The molecule has 0 amide bonds. The Morgan fingerprint density at radius 3 is 2.68 bits per heavy atom. The number of rotatable bonds is 4. The van der Waals surface area contributed by atoms with Gasteiger partial charge in [0, 0.05) is 10.0 Å². The van der Waals surface area contributed by atoms with Crippen LogP contribution >= 0.6 is 27.5 Å². The predicted octanol–water partition coefficient (Wildman–Crippen LogP) is 5.12. The first-order valence-electron chi connectivity index (χ1n) is 5.82. The van der Waals surface area contributed by atoms with Gasteiger partial charge in [-0.15, -0.1) is 11.6 Å². The van der Waals surface area contributed by atoms with Crippen molar-refractivity contribution >= 4 is 27.5 Å². The van der Waals surface area contributed by atoms with Gasteiger partial charge in [0.15, 0.2) is 0 Å². The molecule has 100 valence electrons. The summed E-state index contributed by atoms with van der Waals surface area (Å²) in [5.74, 6) is 0.478. The van der Waals surface area contributed by atoms with Crippen LogP contribution in [0, 0.1) is 5.82 Å². The Balaban J connectivity index is 2.23. The molecule has 0 saturated carbocycles. The zero-order chi connectivity index (χ0) is 13.8. The lowest BCUT2D eigenvalue weighted by Crippen LogP contribution is -2.00. The Labute approximate surface area is 125 Å². The average Bonchev–Trinajstić information content (AvgIpc) is 2.38. The summed E-state index contributed by atoms with van der Waals surface area (Å²) in [7, 11) is 1.62. The van der Waals surface area contributed by atoms with E-state index in [4.69, 9.17) is 16.3 Å². The first kappa shape index (κ1) is 14.4. The van der Waals surface area contributed by atoms with Gasteiger partial charge in [-0.25, -0.2) is 4.39 Å². The first-order valence-corrected chi connectivity index (χ1v) is 7.05. The second kappa shape index (κ2) is 6.40. The predicted molar refractivity (Wildman–Crippen MR) is 79.4 cm³/mol. The summed E-state index contributed by atoms with van der Waals surface area (Å²) < 4.78 is 19.7. The number of alkyl halides is 1. The minimum absolute atomic E-state index is 0.294. The summed E-state index contributed by atoms with van der Waals surface area (Å²) in [6.07, 6.45) is 0.540. The van der Waals surface area contributed by atoms with Crippen molar-refractivity contribution in [2.24, 2.45) is 0 Å². The molecule has 0 aliphatic carbocycles. The van der Waals surface area contributed by atoms with Gasteiger partial charge >= 0.3 is 0 Å². The molecule has 0 saturated heterocycles. The van der Waals surface area contributed by atoms with Gasteiger partial charge in [0.25, 0.3) is 0 Å². The van der Waals surface area contributed by atoms with Crippen LogP contribution in [0.1, 0.15) is 16.5 Å². The molecular formula is C15H13BrClFO. The molecule has 0 aliphatic heterocycles. The number of methoxy groups -OCH3 is 1. The third-order valence-corrected chi connectivity index (χ3v) is 3.93. The Morgan fingerprint density at radius 2 is 2.00 bits per heavy atom. The van der Waals surface area contributed by atoms with Gasteiger partial charge < -0.3 is 4.74 Å². The molecule has 0 radical (unpaired) electrons. The molecule has 0 aromatic heterocycles. The van der Waals surface area contributed by atoms with E-state index in [2.05, 4.69) is 15.9 Å². The summed E-state index contributed by atoms with van der Waals surface area (Å²) in [6, 6.07) is 12.5. The maximum atomic E-state index is 13.8. The lowest BCUT2D eigenvalue weighted by atomic mass is 10.0. The Hall–Kier alpha value is -1.06. The lowest BCUT2D eigenvalue weighted by Gasteiger charge is -2.13. The van der Waals surface area contributed by atoms with E-state index in [1.165, 1.54) is 6.07 Å². The molecule has 0 fully saturated rings. The van der Waals surface area contributed by atoms with Crippen molar-refractivity contribution in [1.82, 2.24) is 0 Å². The maximum Gasteiger partial charge on any atom is 0.129 e. The molecule has 0 spiro atoms. The van der Waals surface area contributed by atoms with Crippen molar-refractivity contribution < 1.29 is 9.13 Å². The van der Waals surface area contributed by atoms with Crippen molar-refractivity contribution in [1.29, 1.82) is 0 Å². The van der Waals surface area contributed by atoms with Gasteiger partial charge in [0.1, 0.15) is 11.6 Å². The summed E-state index contributed by atoms with van der Waals surface area (Å²) in [5, 5.41) is -0.428. The van der Waals surface area contributed by atoms with Crippen LogP contribution in [0.4, 0.5) is 4.39 Å². The number of hydrogen-bond donors (Lipinski definition) is 0. The van der Waals surface area contributed by atoms with Gasteiger partial charge in [-0.2, -0.15) is 0 Å². The van der Waals surface area contributed by atoms with Crippen LogP contribution in [0.3, 0.4) is 0 Å². The number of hydrogen-bond acceptors (Lipinski definition) is 1. The van der Waals surface area contributed by atoms with Gasteiger partial charge in [0.05, 0.1) is 12.5 Å². The van der Waals surface area contributed by atoms with E-state index < -0.39 is 5.38 Å². The van der Waals surface area contributed by atoms with Crippen LogP contribution in [-0.4, -0.2) is 7.11 Å². The summed E-state index contributed by atoms with van der Waals surface area (Å²) in [6.45, 7) is 0. The highest BCUT2D eigenvalue weighted by atomic mass is 79.9. The van der Waals surface area contributed by atoms with Gasteiger partial charge in [-0.3, -0.25) is 0 Å². The summed E-state index contributed by atoms with van der Waals surface area (Å²) in [4.78, 5) is 0. The fourth-order valence-electron chi connectivity index (χ4n) is 1.92. The van der Waals surface area contributed by atoms with E-state index in [0.29, 0.717) is 16.5 Å². The standard InChI is InChI=1S/C15H13BrClFO/c1-19-11-5-2-4-10(8-11)9-13(17)15-12(16)6-3-7-14(15)18/h2-8,13H,9H2,1H3. The minimum atomic E-state index is -0.428. The van der Waals surface area contributed by atoms with Crippen molar-refractivity contribution in [3.05, 3.63) is 63.9 Å². The minimum Gasteiger partial charge on any atom is -0.497 e. The molecule has 2 rings (SSSR count). The molecule has 4 heteroatoms. The second-order valence-corrected chi connectivity index (χ2v) is 5.54. The molecule has 0 bridgehead atoms. The van der Waals surface area contributed by atoms with Crippen LogP contribution in [0.15, 0.2) is 46.9 Å². The van der Waals surface area contributed by atoms with E-state index in [9.17, 15) is 4.39 Å². The SMILES string of the molecule is COc1cccc(CC(Cl)c2c(F)cccc2Br)c1. The zero-order valence-electron chi connectivity index (χ0n) is 10.4. The van der Waals surface area contributed by atoms with Gasteiger partial charge in [0.2, 0.25) is 0 Å². The quantitative estimate of drug-likeness (QED) is 0.700. The Kier molecular flexibility index (Phi) is 4.83. The van der Waals surface area contributed by atoms with Crippen molar-refractivity contribution in [3.63, 3.8) is 0 Å². The summed E-state index contributed by atoms with van der Waals surface area (Å²) >= 11 is 9.68. The monoisotopic (exact) mass is 342 g/mol. The van der Waals surface area contributed by atoms with Gasteiger partial charge in [-0.05, 0) is 36.2 Å².